The molecule has 1 aliphatic rings. The first-order valence-electron chi connectivity index (χ1n) is 6.81. The van der Waals surface area contributed by atoms with Crippen molar-refractivity contribution in [3.8, 4) is 0 Å². The molecule has 0 spiro atoms. The molecule has 1 saturated heterocycles. The monoisotopic (exact) mass is 232 g/mol. The van der Waals surface area contributed by atoms with E-state index in [4.69, 9.17) is 5.73 Å². The SMILES string of the molecule is CCCC1CCN(c2ccccc2C(C)N)C1. The zero-order valence-electron chi connectivity index (χ0n) is 11.0. The normalized spacial score (nSPS) is 21.8. The Hall–Kier alpha value is -1.02. The molecule has 94 valence electrons. The molecular formula is C15H24N2. The molecule has 1 aromatic carbocycles. The van der Waals surface area contributed by atoms with Crippen LogP contribution in [0, 0.1) is 5.92 Å². The van der Waals surface area contributed by atoms with E-state index in [9.17, 15) is 0 Å². The Morgan fingerprint density at radius 3 is 2.88 bits per heavy atom. The van der Waals surface area contributed by atoms with Gasteiger partial charge < -0.3 is 10.6 Å². The molecule has 1 fully saturated rings. The average molecular weight is 232 g/mol. The molecule has 0 bridgehead atoms. The molecule has 0 amide bonds. The number of nitrogens with two attached hydrogens (primary N) is 1. The smallest absolute Gasteiger partial charge is 0.0414 e. The second kappa shape index (κ2) is 5.54. The zero-order valence-corrected chi connectivity index (χ0v) is 11.0. The van der Waals surface area contributed by atoms with Gasteiger partial charge in [-0.05, 0) is 37.3 Å². The van der Waals surface area contributed by atoms with Crippen LogP contribution in [-0.2, 0) is 0 Å². The lowest BCUT2D eigenvalue weighted by molar-refractivity contribution is 0.529. The van der Waals surface area contributed by atoms with Crippen LogP contribution in [-0.4, -0.2) is 13.1 Å². The molecule has 2 heteroatoms. The molecule has 0 aliphatic carbocycles. The summed E-state index contributed by atoms with van der Waals surface area (Å²) in [5.74, 6) is 0.876. The Bertz CT molecular complexity index is 360. The highest BCUT2D eigenvalue weighted by Crippen LogP contribution is 2.31. The van der Waals surface area contributed by atoms with Gasteiger partial charge in [-0.15, -0.1) is 0 Å². The third kappa shape index (κ3) is 2.81. The third-order valence-corrected chi connectivity index (χ3v) is 3.75. The van der Waals surface area contributed by atoms with E-state index in [1.807, 2.05) is 0 Å². The molecule has 0 radical (unpaired) electrons. The Morgan fingerprint density at radius 1 is 1.41 bits per heavy atom. The average Bonchev–Trinajstić information content (AvgIpc) is 2.78. The van der Waals surface area contributed by atoms with Crippen LogP contribution in [0.2, 0.25) is 0 Å². The van der Waals surface area contributed by atoms with E-state index in [1.54, 1.807) is 0 Å². The number of hydrogen-bond donors (Lipinski definition) is 1. The van der Waals surface area contributed by atoms with Gasteiger partial charge in [-0.25, -0.2) is 0 Å². The number of nitrogens with zero attached hydrogens (tertiary/aromatic N) is 1. The van der Waals surface area contributed by atoms with Crippen molar-refractivity contribution in [2.45, 2.75) is 39.2 Å². The molecule has 2 unspecified atom stereocenters. The highest BCUT2D eigenvalue weighted by atomic mass is 15.2. The predicted molar refractivity (Wildman–Crippen MR) is 74.3 cm³/mol. The maximum Gasteiger partial charge on any atom is 0.0414 e. The lowest BCUT2D eigenvalue weighted by atomic mass is 10.0. The highest BCUT2D eigenvalue weighted by molar-refractivity contribution is 5.55. The van der Waals surface area contributed by atoms with E-state index in [0.29, 0.717) is 0 Å². The van der Waals surface area contributed by atoms with Crippen molar-refractivity contribution in [1.82, 2.24) is 0 Å². The van der Waals surface area contributed by atoms with Crippen molar-refractivity contribution in [2.75, 3.05) is 18.0 Å². The summed E-state index contributed by atoms with van der Waals surface area (Å²) in [6.45, 7) is 6.74. The molecule has 2 rings (SSSR count). The van der Waals surface area contributed by atoms with Gasteiger partial charge in [0.25, 0.3) is 0 Å². The van der Waals surface area contributed by atoms with Gasteiger partial charge in [0, 0.05) is 24.8 Å². The quantitative estimate of drug-likeness (QED) is 0.862. The van der Waals surface area contributed by atoms with Gasteiger partial charge >= 0.3 is 0 Å². The van der Waals surface area contributed by atoms with E-state index in [-0.39, 0.29) is 6.04 Å². The number of hydrogen-bond acceptors (Lipinski definition) is 2. The number of anilines is 1. The molecule has 17 heavy (non-hydrogen) atoms. The fourth-order valence-corrected chi connectivity index (χ4v) is 2.86. The van der Waals surface area contributed by atoms with E-state index in [0.717, 1.165) is 5.92 Å². The Labute approximate surface area is 105 Å². The fourth-order valence-electron chi connectivity index (χ4n) is 2.86. The van der Waals surface area contributed by atoms with Crippen molar-refractivity contribution in [1.29, 1.82) is 0 Å². The zero-order chi connectivity index (χ0) is 12.3. The van der Waals surface area contributed by atoms with Crippen LogP contribution >= 0.6 is 0 Å². The minimum Gasteiger partial charge on any atom is -0.371 e. The summed E-state index contributed by atoms with van der Waals surface area (Å²) < 4.78 is 0. The molecular weight excluding hydrogens is 208 g/mol. The van der Waals surface area contributed by atoms with Gasteiger partial charge in [0.05, 0.1) is 0 Å². The van der Waals surface area contributed by atoms with E-state index in [2.05, 4.69) is 43.0 Å². The standard InChI is InChI=1S/C15H24N2/c1-3-6-13-9-10-17(11-13)15-8-5-4-7-14(15)12(2)16/h4-5,7-8,12-13H,3,6,9-11,16H2,1-2H3. The summed E-state index contributed by atoms with van der Waals surface area (Å²) in [6, 6.07) is 8.70. The number of para-hydroxylation sites is 1. The van der Waals surface area contributed by atoms with Crippen LogP contribution in [0.5, 0.6) is 0 Å². The Kier molecular flexibility index (Phi) is 4.06. The lowest BCUT2D eigenvalue weighted by Gasteiger charge is -2.23. The van der Waals surface area contributed by atoms with Gasteiger partial charge in [-0.2, -0.15) is 0 Å². The van der Waals surface area contributed by atoms with Crippen molar-refractivity contribution >= 4 is 5.69 Å². The van der Waals surface area contributed by atoms with Crippen molar-refractivity contribution in [2.24, 2.45) is 11.7 Å². The van der Waals surface area contributed by atoms with E-state index >= 15 is 0 Å². The van der Waals surface area contributed by atoms with Gasteiger partial charge in [0.15, 0.2) is 0 Å². The van der Waals surface area contributed by atoms with Crippen molar-refractivity contribution < 1.29 is 0 Å². The van der Waals surface area contributed by atoms with Crippen LogP contribution in [0.25, 0.3) is 0 Å². The largest absolute Gasteiger partial charge is 0.371 e. The predicted octanol–water partition coefficient (Wildman–Crippen LogP) is 3.33. The fraction of sp³-hybridized carbons (Fsp3) is 0.600. The maximum atomic E-state index is 6.05. The molecule has 2 nitrogen and oxygen atoms in total. The van der Waals surface area contributed by atoms with Crippen LogP contribution in [0.1, 0.15) is 44.7 Å². The Morgan fingerprint density at radius 2 is 2.18 bits per heavy atom. The summed E-state index contributed by atoms with van der Waals surface area (Å²) in [5.41, 5.74) is 8.68. The van der Waals surface area contributed by atoms with Gasteiger partial charge in [-0.1, -0.05) is 31.5 Å². The van der Waals surface area contributed by atoms with Crippen molar-refractivity contribution in [3.05, 3.63) is 29.8 Å². The molecule has 2 atom stereocenters. The Balaban J connectivity index is 2.13. The summed E-state index contributed by atoms with van der Waals surface area (Å²) in [5, 5.41) is 0. The topological polar surface area (TPSA) is 29.3 Å². The molecule has 2 N–H and O–H groups in total. The van der Waals surface area contributed by atoms with Crippen LogP contribution < -0.4 is 10.6 Å². The number of benzene rings is 1. The second-order valence-corrected chi connectivity index (χ2v) is 5.24. The first-order valence-corrected chi connectivity index (χ1v) is 6.81. The maximum absolute atomic E-state index is 6.05. The van der Waals surface area contributed by atoms with Gasteiger partial charge in [0.2, 0.25) is 0 Å². The molecule has 1 aliphatic heterocycles. The molecule has 0 aromatic heterocycles. The second-order valence-electron chi connectivity index (χ2n) is 5.24. The molecule has 1 heterocycles. The highest BCUT2D eigenvalue weighted by Gasteiger charge is 2.23. The third-order valence-electron chi connectivity index (χ3n) is 3.75. The first kappa shape index (κ1) is 12.4. The summed E-state index contributed by atoms with van der Waals surface area (Å²) >= 11 is 0. The van der Waals surface area contributed by atoms with Gasteiger partial charge in [-0.3, -0.25) is 0 Å². The van der Waals surface area contributed by atoms with E-state index in [1.165, 1.54) is 43.6 Å². The summed E-state index contributed by atoms with van der Waals surface area (Å²) in [6.07, 6.45) is 3.99. The first-order chi connectivity index (χ1) is 8.22. The summed E-state index contributed by atoms with van der Waals surface area (Å²) in [4.78, 5) is 2.51. The van der Waals surface area contributed by atoms with Crippen LogP contribution in [0.3, 0.4) is 0 Å². The van der Waals surface area contributed by atoms with Gasteiger partial charge in [0.1, 0.15) is 0 Å². The number of rotatable bonds is 4. The van der Waals surface area contributed by atoms with Crippen molar-refractivity contribution in [3.63, 3.8) is 0 Å². The van der Waals surface area contributed by atoms with Crippen LogP contribution in [0.4, 0.5) is 5.69 Å². The van der Waals surface area contributed by atoms with Crippen LogP contribution in [0.15, 0.2) is 24.3 Å². The van der Waals surface area contributed by atoms with E-state index < -0.39 is 0 Å². The molecule has 1 aromatic rings. The lowest BCUT2D eigenvalue weighted by Crippen LogP contribution is -2.22. The minimum atomic E-state index is 0.122. The summed E-state index contributed by atoms with van der Waals surface area (Å²) in [7, 11) is 0. The molecule has 0 saturated carbocycles. The minimum absolute atomic E-state index is 0.122.